The van der Waals surface area contributed by atoms with Crippen LogP contribution >= 0.6 is 0 Å². The molecule has 0 saturated carbocycles. The van der Waals surface area contributed by atoms with Crippen LogP contribution in [0.15, 0.2) is 30.3 Å². The van der Waals surface area contributed by atoms with Crippen molar-refractivity contribution in [2.45, 2.75) is 13.8 Å². The summed E-state index contributed by atoms with van der Waals surface area (Å²) in [4.78, 5) is 1.33. The van der Waals surface area contributed by atoms with Crippen molar-refractivity contribution in [1.29, 1.82) is 0 Å². The van der Waals surface area contributed by atoms with Crippen molar-refractivity contribution in [3.05, 3.63) is 47.3 Å². The van der Waals surface area contributed by atoms with Gasteiger partial charge in [0.2, 0.25) is 6.93 Å². The smallest absolute Gasteiger partial charge is 0.229 e. The van der Waals surface area contributed by atoms with Gasteiger partial charge in [0.25, 0.3) is 0 Å². The van der Waals surface area contributed by atoms with Crippen LogP contribution in [0.3, 0.4) is 0 Å². The molecule has 0 saturated heterocycles. The predicted octanol–water partition coefficient (Wildman–Crippen LogP) is 3.76. The van der Waals surface area contributed by atoms with E-state index >= 15 is 0 Å². The van der Waals surface area contributed by atoms with Gasteiger partial charge in [0.15, 0.2) is 0 Å². The van der Waals surface area contributed by atoms with E-state index in [1.165, 1.54) is 16.9 Å². The lowest BCUT2D eigenvalue weighted by molar-refractivity contribution is 0.295. The highest BCUT2D eigenvalue weighted by molar-refractivity contribution is 5.74. The van der Waals surface area contributed by atoms with E-state index in [2.05, 4.69) is 10.2 Å². The fourth-order valence-corrected chi connectivity index (χ4v) is 2.09. The molecule has 7 heteroatoms. The summed E-state index contributed by atoms with van der Waals surface area (Å²) in [6, 6.07) is 7.88. The van der Waals surface area contributed by atoms with Crippen molar-refractivity contribution in [2.24, 2.45) is 0 Å². The van der Waals surface area contributed by atoms with E-state index in [1.807, 2.05) is 19.9 Å². The first kappa shape index (κ1) is 15.8. The molecule has 3 rings (SSSR count). The van der Waals surface area contributed by atoms with Crippen LogP contribution in [0, 0.1) is 19.7 Å². The molecule has 0 aliphatic rings. The number of aromatic hydroxyl groups is 1. The van der Waals surface area contributed by atoms with Gasteiger partial charge < -0.3 is 5.11 Å². The zero-order valence-electron chi connectivity index (χ0n) is 12.0. The lowest BCUT2D eigenvalue weighted by Crippen LogP contribution is -2.00. The van der Waals surface area contributed by atoms with Gasteiger partial charge in [-0.3, -0.25) is 0 Å². The first-order valence-corrected chi connectivity index (χ1v) is 6.41. The number of aromatic nitrogens is 3. The molecule has 0 radical (unpaired) electrons. The van der Waals surface area contributed by atoms with Gasteiger partial charge in [0, 0.05) is 6.07 Å². The molecule has 0 amide bonds. The predicted molar refractivity (Wildman–Crippen MR) is 77.0 cm³/mol. The number of aryl methyl sites for hydroxylation is 2. The molecule has 116 valence electrons. The van der Waals surface area contributed by atoms with Crippen molar-refractivity contribution >= 4 is 11.0 Å². The van der Waals surface area contributed by atoms with Crippen LogP contribution in [0.1, 0.15) is 11.1 Å². The molecule has 1 heterocycles. The summed E-state index contributed by atoms with van der Waals surface area (Å²) in [6.07, 6.45) is 0. The summed E-state index contributed by atoms with van der Waals surface area (Å²) in [7, 11) is 0. The Morgan fingerprint density at radius 1 is 1.05 bits per heavy atom. The third-order valence-electron chi connectivity index (χ3n) is 2.98. The fourth-order valence-electron chi connectivity index (χ4n) is 2.09. The van der Waals surface area contributed by atoms with Crippen molar-refractivity contribution in [1.82, 2.24) is 15.0 Å². The topological polar surface area (TPSA) is 50.9 Å². The molecular weight excluding hydrogens is 295 g/mol. The molecule has 1 aromatic heterocycles. The Morgan fingerprint density at radius 2 is 1.68 bits per heavy atom. The minimum atomic E-state index is -1.75. The van der Waals surface area contributed by atoms with Crippen LogP contribution in [0.5, 0.6) is 5.75 Å². The van der Waals surface area contributed by atoms with Gasteiger partial charge in [-0.25, -0.2) is 13.2 Å². The Morgan fingerprint density at radius 3 is 2.36 bits per heavy atom. The number of hydrogen-bond donors (Lipinski definition) is 1. The van der Waals surface area contributed by atoms with Gasteiger partial charge in [-0.15, -0.1) is 15.0 Å². The number of nitrogens with zero attached hydrogens (tertiary/aromatic N) is 3. The van der Waals surface area contributed by atoms with Gasteiger partial charge in [-0.2, -0.15) is 0 Å². The van der Waals surface area contributed by atoms with E-state index in [0.717, 1.165) is 11.1 Å². The zero-order valence-corrected chi connectivity index (χ0v) is 12.0. The van der Waals surface area contributed by atoms with E-state index in [1.54, 1.807) is 12.1 Å². The Kier molecular flexibility index (Phi) is 4.65. The first-order valence-electron chi connectivity index (χ1n) is 6.41. The molecule has 0 aliphatic carbocycles. The molecule has 0 atom stereocenters. The highest BCUT2D eigenvalue weighted by Crippen LogP contribution is 2.27. The zero-order chi connectivity index (χ0) is 16.3. The number of alkyl halides is 2. The molecule has 2 aromatic carbocycles. The van der Waals surface area contributed by atoms with Crippen LogP contribution in [0.2, 0.25) is 0 Å². The summed E-state index contributed by atoms with van der Waals surface area (Å²) >= 11 is 0. The quantitative estimate of drug-likeness (QED) is 0.744. The van der Waals surface area contributed by atoms with E-state index in [0.29, 0.717) is 16.7 Å². The van der Waals surface area contributed by atoms with E-state index in [-0.39, 0.29) is 11.6 Å². The summed E-state index contributed by atoms with van der Waals surface area (Å²) < 4.78 is 32.4. The van der Waals surface area contributed by atoms with Crippen LogP contribution in [-0.4, -0.2) is 27.0 Å². The maximum absolute atomic E-state index is 13.1. The highest BCUT2D eigenvalue weighted by Gasteiger charge is 2.11. The second kappa shape index (κ2) is 6.46. The Hall–Kier alpha value is -2.57. The Balaban J connectivity index is 0.000000545. The number of phenols is 1. The van der Waals surface area contributed by atoms with E-state index in [4.69, 9.17) is 0 Å². The lowest BCUT2D eigenvalue weighted by atomic mass is 10.1. The van der Waals surface area contributed by atoms with Crippen molar-refractivity contribution < 1.29 is 18.3 Å². The van der Waals surface area contributed by atoms with Crippen LogP contribution in [0.25, 0.3) is 16.7 Å². The normalized spacial score (nSPS) is 10.4. The summed E-state index contributed by atoms with van der Waals surface area (Å²) in [5, 5.41) is 18.5. The third kappa shape index (κ3) is 3.19. The van der Waals surface area contributed by atoms with E-state index in [9.17, 15) is 18.3 Å². The molecule has 4 nitrogen and oxygen atoms in total. The number of hydrogen-bond acceptors (Lipinski definition) is 3. The minimum absolute atomic E-state index is 0.131. The average molecular weight is 309 g/mol. The second-order valence-corrected chi connectivity index (χ2v) is 4.67. The molecule has 0 fully saturated rings. The molecule has 0 spiro atoms. The maximum atomic E-state index is 13.1. The highest BCUT2D eigenvalue weighted by atomic mass is 19.3. The Bertz CT molecular complexity index is 802. The molecule has 0 aliphatic heterocycles. The van der Waals surface area contributed by atoms with Crippen molar-refractivity contribution in [3.8, 4) is 11.4 Å². The number of fused-ring (bicyclic) bond motifs is 1. The van der Waals surface area contributed by atoms with Gasteiger partial charge >= 0.3 is 0 Å². The molecule has 3 aromatic rings. The summed E-state index contributed by atoms with van der Waals surface area (Å²) in [5.74, 6) is -0.226. The van der Waals surface area contributed by atoms with Crippen molar-refractivity contribution in [3.63, 3.8) is 0 Å². The maximum Gasteiger partial charge on any atom is 0.229 e. The molecule has 1 N–H and O–H groups in total. The summed E-state index contributed by atoms with van der Waals surface area (Å²) in [5.41, 5.74) is 3.29. The molecule has 0 bridgehead atoms. The van der Waals surface area contributed by atoms with Crippen LogP contribution in [0.4, 0.5) is 13.2 Å². The first-order chi connectivity index (χ1) is 10.5. The minimum Gasteiger partial charge on any atom is -0.505 e. The third-order valence-corrected chi connectivity index (χ3v) is 2.98. The van der Waals surface area contributed by atoms with Crippen molar-refractivity contribution in [2.75, 3.05) is 6.93 Å². The molecule has 0 unspecified atom stereocenters. The SMILES string of the molecule is Cc1cc(C)c(O)c(-n2nc3ccc(F)cc3n2)c1.FCF. The summed E-state index contributed by atoms with van der Waals surface area (Å²) in [6.45, 7) is 1.99. The van der Waals surface area contributed by atoms with Crippen LogP contribution < -0.4 is 0 Å². The van der Waals surface area contributed by atoms with Gasteiger partial charge in [0.05, 0.1) is 0 Å². The van der Waals surface area contributed by atoms with Crippen LogP contribution in [-0.2, 0) is 0 Å². The standard InChI is InChI=1S/C14H12FN3O.CH2F2/c1-8-5-9(2)14(19)13(6-8)18-16-11-4-3-10(15)7-12(11)17-18;2-1-3/h3-7,19H,1-2H3;1H2. The number of halogens is 3. The molecular formula is C15H14F3N3O. The monoisotopic (exact) mass is 309 g/mol. The van der Waals surface area contributed by atoms with Gasteiger partial charge in [-0.05, 0) is 43.2 Å². The Labute approximate surface area is 124 Å². The number of benzene rings is 2. The second-order valence-electron chi connectivity index (χ2n) is 4.67. The number of rotatable bonds is 1. The van der Waals surface area contributed by atoms with Gasteiger partial charge in [-0.1, -0.05) is 6.07 Å². The van der Waals surface area contributed by atoms with Gasteiger partial charge in [0.1, 0.15) is 28.3 Å². The lowest BCUT2D eigenvalue weighted by Gasteiger charge is -2.07. The van der Waals surface area contributed by atoms with E-state index < -0.39 is 6.93 Å². The number of phenolic OH excluding ortho intramolecular Hbond substituents is 1. The largest absolute Gasteiger partial charge is 0.505 e. The fraction of sp³-hybridized carbons (Fsp3) is 0.200. The average Bonchev–Trinajstić information content (AvgIpc) is 2.86. The molecule has 22 heavy (non-hydrogen) atoms.